The van der Waals surface area contributed by atoms with Gasteiger partial charge in [0.15, 0.2) is 5.82 Å². The van der Waals surface area contributed by atoms with E-state index in [1.807, 2.05) is 24.3 Å². The number of imidazole rings is 1. The number of amides is 1. The number of H-pyrrole nitrogens is 2. The number of nitrogens with one attached hydrogen (secondary N) is 3. The molecule has 0 unspecified atom stereocenters. The Labute approximate surface area is 95.3 Å². The van der Waals surface area contributed by atoms with Crippen LogP contribution in [0.3, 0.4) is 0 Å². The van der Waals surface area contributed by atoms with Gasteiger partial charge in [-0.25, -0.2) is 9.97 Å². The molecular weight excluding hydrogens is 220 g/mol. The Balaban J connectivity index is 1.90. The molecule has 0 saturated carbocycles. The van der Waals surface area contributed by atoms with Crippen LogP contribution in [-0.4, -0.2) is 31.1 Å². The summed E-state index contributed by atoms with van der Waals surface area (Å²) in [5.74, 6) is 0.0762. The highest BCUT2D eigenvalue weighted by atomic mass is 16.2. The Bertz CT molecular complexity index is 623. The van der Waals surface area contributed by atoms with Gasteiger partial charge in [-0.15, -0.1) is 5.10 Å². The first-order valence-corrected chi connectivity index (χ1v) is 4.95. The van der Waals surface area contributed by atoms with Crippen LogP contribution in [0.2, 0.25) is 0 Å². The number of para-hydroxylation sites is 2. The lowest BCUT2D eigenvalue weighted by Crippen LogP contribution is -2.14. The van der Waals surface area contributed by atoms with Gasteiger partial charge >= 0.3 is 0 Å². The van der Waals surface area contributed by atoms with E-state index < -0.39 is 0 Å². The van der Waals surface area contributed by atoms with Gasteiger partial charge in [0.2, 0.25) is 5.95 Å². The Hall–Kier alpha value is -2.70. The Kier molecular flexibility index (Phi) is 2.08. The molecule has 2 aromatic heterocycles. The van der Waals surface area contributed by atoms with Gasteiger partial charge in [0.05, 0.1) is 11.0 Å². The Morgan fingerprint density at radius 2 is 2.18 bits per heavy atom. The van der Waals surface area contributed by atoms with Crippen molar-refractivity contribution in [1.82, 2.24) is 25.1 Å². The number of aromatic amines is 2. The molecule has 0 aliphatic rings. The highest BCUT2D eigenvalue weighted by Gasteiger charge is 2.12. The summed E-state index contributed by atoms with van der Waals surface area (Å²) in [6.45, 7) is 0. The van der Waals surface area contributed by atoms with Gasteiger partial charge in [-0.1, -0.05) is 12.1 Å². The predicted octanol–water partition coefficient (Wildman–Crippen LogP) is 0.933. The Morgan fingerprint density at radius 1 is 1.29 bits per heavy atom. The molecule has 2 heterocycles. The molecule has 7 heteroatoms. The Morgan fingerprint density at radius 3 is 2.94 bits per heavy atom. The molecule has 0 bridgehead atoms. The normalized spacial score (nSPS) is 10.6. The van der Waals surface area contributed by atoms with Crippen LogP contribution < -0.4 is 5.32 Å². The van der Waals surface area contributed by atoms with E-state index in [0.717, 1.165) is 11.0 Å². The maximum absolute atomic E-state index is 11.8. The maximum Gasteiger partial charge on any atom is 0.293 e. The van der Waals surface area contributed by atoms with Crippen molar-refractivity contribution in [3.05, 3.63) is 36.4 Å². The number of hydrogen-bond acceptors (Lipinski definition) is 4. The molecule has 0 spiro atoms. The standard InChI is InChI=1S/C10H8N6O/c17-9(15-10-11-5-12-16-10)8-13-6-3-1-2-4-7(6)14-8/h1-5H,(H,13,14)(H2,11,12,15,16,17). The number of rotatable bonds is 2. The summed E-state index contributed by atoms with van der Waals surface area (Å²) in [6.07, 6.45) is 1.38. The fourth-order valence-electron chi connectivity index (χ4n) is 1.49. The van der Waals surface area contributed by atoms with Gasteiger partial charge in [0, 0.05) is 0 Å². The predicted molar refractivity (Wildman–Crippen MR) is 60.4 cm³/mol. The van der Waals surface area contributed by atoms with Gasteiger partial charge in [-0.2, -0.15) is 0 Å². The topological polar surface area (TPSA) is 99.3 Å². The van der Waals surface area contributed by atoms with Crippen molar-refractivity contribution < 1.29 is 4.79 Å². The van der Waals surface area contributed by atoms with Gasteiger partial charge < -0.3 is 4.98 Å². The fourth-order valence-corrected chi connectivity index (χ4v) is 1.49. The first-order chi connectivity index (χ1) is 8.33. The summed E-state index contributed by atoms with van der Waals surface area (Å²) in [6, 6.07) is 7.42. The highest BCUT2D eigenvalue weighted by molar-refractivity contribution is 6.02. The van der Waals surface area contributed by atoms with Crippen molar-refractivity contribution in [2.45, 2.75) is 0 Å². The zero-order valence-corrected chi connectivity index (χ0v) is 8.64. The SMILES string of the molecule is O=C(Nc1nc[nH]n1)c1nc2ccccc2[nH]1. The lowest BCUT2D eigenvalue weighted by molar-refractivity contribution is 0.101. The second-order valence-electron chi connectivity index (χ2n) is 3.38. The van der Waals surface area contributed by atoms with E-state index in [2.05, 4.69) is 30.5 Å². The van der Waals surface area contributed by atoms with Crippen LogP contribution in [0, 0.1) is 0 Å². The van der Waals surface area contributed by atoms with Crippen molar-refractivity contribution in [3.8, 4) is 0 Å². The summed E-state index contributed by atoms with van der Waals surface area (Å²) in [5.41, 5.74) is 1.56. The zero-order valence-electron chi connectivity index (χ0n) is 8.64. The average Bonchev–Trinajstić information content (AvgIpc) is 2.96. The number of aromatic nitrogens is 5. The summed E-state index contributed by atoms with van der Waals surface area (Å²) >= 11 is 0. The summed E-state index contributed by atoms with van der Waals surface area (Å²) in [7, 11) is 0. The average molecular weight is 228 g/mol. The fraction of sp³-hybridized carbons (Fsp3) is 0. The van der Waals surface area contributed by atoms with E-state index in [9.17, 15) is 4.79 Å². The summed E-state index contributed by atoms with van der Waals surface area (Å²) < 4.78 is 0. The van der Waals surface area contributed by atoms with Crippen LogP contribution in [0.5, 0.6) is 0 Å². The molecule has 17 heavy (non-hydrogen) atoms. The number of carbonyl (C=O) groups is 1. The van der Waals surface area contributed by atoms with E-state index in [-0.39, 0.29) is 17.7 Å². The smallest absolute Gasteiger partial charge is 0.293 e. The third kappa shape index (κ3) is 1.73. The minimum atomic E-state index is -0.374. The molecule has 0 aliphatic carbocycles. The third-order valence-corrected chi connectivity index (χ3v) is 2.24. The molecule has 0 saturated heterocycles. The van der Waals surface area contributed by atoms with E-state index in [4.69, 9.17) is 0 Å². The largest absolute Gasteiger partial charge is 0.334 e. The summed E-state index contributed by atoms with van der Waals surface area (Å²) in [5, 5.41) is 8.75. The van der Waals surface area contributed by atoms with Crippen molar-refractivity contribution in [3.63, 3.8) is 0 Å². The molecule has 0 fully saturated rings. The zero-order chi connectivity index (χ0) is 11.7. The second-order valence-corrected chi connectivity index (χ2v) is 3.38. The molecule has 1 aromatic carbocycles. The quantitative estimate of drug-likeness (QED) is 0.607. The number of nitrogens with zero attached hydrogens (tertiary/aromatic N) is 3. The minimum absolute atomic E-state index is 0.218. The van der Waals surface area contributed by atoms with Gasteiger partial charge in [-0.05, 0) is 12.1 Å². The molecule has 84 valence electrons. The van der Waals surface area contributed by atoms with Gasteiger partial charge in [-0.3, -0.25) is 15.2 Å². The van der Waals surface area contributed by atoms with Crippen molar-refractivity contribution in [2.24, 2.45) is 0 Å². The molecule has 3 rings (SSSR count). The molecule has 3 N–H and O–H groups in total. The summed E-state index contributed by atoms with van der Waals surface area (Å²) in [4.78, 5) is 22.7. The van der Waals surface area contributed by atoms with E-state index in [1.165, 1.54) is 6.33 Å². The molecule has 0 atom stereocenters. The van der Waals surface area contributed by atoms with Crippen LogP contribution in [0.4, 0.5) is 5.95 Å². The van der Waals surface area contributed by atoms with E-state index in [1.54, 1.807) is 0 Å². The van der Waals surface area contributed by atoms with Crippen LogP contribution in [0.15, 0.2) is 30.6 Å². The first-order valence-electron chi connectivity index (χ1n) is 4.95. The van der Waals surface area contributed by atoms with Crippen molar-refractivity contribution in [2.75, 3.05) is 5.32 Å². The highest BCUT2D eigenvalue weighted by Crippen LogP contribution is 2.10. The molecular formula is C10H8N6O. The molecule has 1 amide bonds. The lowest BCUT2D eigenvalue weighted by Gasteiger charge is -1.95. The number of fused-ring (bicyclic) bond motifs is 1. The maximum atomic E-state index is 11.8. The van der Waals surface area contributed by atoms with Crippen LogP contribution in [0.25, 0.3) is 11.0 Å². The number of anilines is 1. The minimum Gasteiger partial charge on any atom is -0.334 e. The van der Waals surface area contributed by atoms with Gasteiger partial charge in [0.25, 0.3) is 5.91 Å². The number of hydrogen-bond donors (Lipinski definition) is 3. The van der Waals surface area contributed by atoms with Crippen molar-refractivity contribution in [1.29, 1.82) is 0 Å². The number of carbonyl (C=O) groups excluding carboxylic acids is 1. The van der Waals surface area contributed by atoms with Crippen LogP contribution >= 0.6 is 0 Å². The number of benzene rings is 1. The van der Waals surface area contributed by atoms with E-state index in [0.29, 0.717) is 0 Å². The molecule has 7 nitrogen and oxygen atoms in total. The third-order valence-electron chi connectivity index (χ3n) is 2.24. The van der Waals surface area contributed by atoms with Gasteiger partial charge in [0.1, 0.15) is 6.33 Å². The van der Waals surface area contributed by atoms with Crippen LogP contribution in [-0.2, 0) is 0 Å². The van der Waals surface area contributed by atoms with E-state index >= 15 is 0 Å². The van der Waals surface area contributed by atoms with Crippen LogP contribution in [0.1, 0.15) is 10.6 Å². The molecule has 0 radical (unpaired) electrons. The van der Waals surface area contributed by atoms with Crippen molar-refractivity contribution >= 4 is 22.9 Å². The monoisotopic (exact) mass is 228 g/mol. The lowest BCUT2D eigenvalue weighted by atomic mass is 10.3. The molecule has 0 aliphatic heterocycles. The first kappa shape index (κ1) is 9.52. The molecule has 3 aromatic rings. The second kappa shape index (κ2) is 3.71.